The highest BCUT2D eigenvalue weighted by Gasteiger charge is 2.62. The zero-order valence-corrected chi connectivity index (χ0v) is 34.1. The van der Waals surface area contributed by atoms with Crippen molar-refractivity contribution in [2.24, 2.45) is 23.2 Å². The van der Waals surface area contributed by atoms with Gasteiger partial charge in [-0.3, -0.25) is 23.9 Å². The van der Waals surface area contributed by atoms with Crippen LogP contribution in [0.3, 0.4) is 0 Å². The van der Waals surface area contributed by atoms with Crippen LogP contribution >= 0.6 is 11.3 Å². The van der Waals surface area contributed by atoms with Crippen molar-refractivity contribution in [3.8, 4) is 22.9 Å². The number of sulfonamides is 1. The van der Waals surface area contributed by atoms with E-state index < -0.39 is 50.6 Å². The Morgan fingerprint density at radius 3 is 2.57 bits per heavy atom. The molecule has 4 amide bonds. The van der Waals surface area contributed by atoms with Gasteiger partial charge in [-0.1, -0.05) is 32.9 Å². The predicted molar refractivity (Wildman–Crippen MR) is 212 cm³/mol. The van der Waals surface area contributed by atoms with Gasteiger partial charge in [0.1, 0.15) is 28.8 Å². The SMILES string of the molecule is COc1ccc2c(O[C@@H]3C[C@H]4C(=O)N[C@]5(C(=O)NS(=O)(=O)C6CC6)C[C@@H]5/C=C\CCCCN(C)C(=O)[C@@H]4C3)cc(-c3csc(NC(=O)CC(C)(C)C)n3)nc2c1. The van der Waals surface area contributed by atoms with E-state index in [9.17, 15) is 27.6 Å². The molecule has 16 heteroatoms. The number of pyridine rings is 1. The number of amides is 4. The molecule has 5 atom stereocenters. The number of allylic oxidation sites excluding steroid dienone is 1. The molecule has 3 N–H and O–H groups in total. The van der Waals surface area contributed by atoms with Crippen LogP contribution in [0.25, 0.3) is 22.3 Å². The van der Waals surface area contributed by atoms with Gasteiger partial charge in [0.25, 0.3) is 5.91 Å². The number of ether oxygens (including phenoxy) is 2. The van der Waals surface area contributed by atoms with Gasteiger partial charge in [-0.15, -0.1) is 11.3 Å². The molecular weight excluding hydrogens is 757 g/mol. The van der Waals surface area contributed by atoms with Crippen LogP contribution in [0.4, 0.5) is 5.13 Å². The number of fused-ring (bicyclic) bond motifs is 3. The first kappa shape index (κ1) is 39.7. The molecular formula is C40H50N6O8S2. The monoisotopic (exact) mass is 806 g/mol. The van der Waals surface area contributed by atoms with Crippen LogP contribution < -0.4 is 24.8 Å². The third-order valence-corrected chi connectivity index (χ3v) is 13.5. The lowest BCUT2D eigenvalue weighted by atomic mass is 9.92. The van der Waals surface area contributed by atoms with Gasteiger partial charge >= 0.3 is 0 Å². The number of carbonyl (C=O) groups is 4. The fraction of sp³-hybridized carbons (Fsp3) is 0.550. The maximum atomic E-state index is 14.3. The van der Waals surface area contributed by atoms with E-state index in [1.807, 2.05) is 44.4 Å². The van der Waals surface area contributed by atoms with E-state index in [-0.39, 0.29) is 42.4 Å². The summed E-state index contributed by atoms with van der Waals surface area (Å²) >= 11 is 1.29. The first-order chi connectivity index (χ1) is 26.5. The second kappa shape index (κ2) is 15.4. The topological polar surface area (TPSA) is 186 Å². The van der Waals surface area contributed by atoms with Crippen molar-refractivity contribution >= 4 is 61.0 Å². The largest absolute Gasteiger partial charge is 0.497 e. The molecule has 0 saturated heterocycles. The van der Waals surface area contributed by atoms with Crippen molar-refractivity contribution in [2.75, 3.05) is 26.0 Å². The Morgan fingerprint density at radius 2 is 1.84 bits per heavy atom. The van der Waals surface area contributed by atoms with Crippen LogP contribution in [-0.2, 0) is 29.2 Å². The molecule has 56 heavy (non-hydrogen) atoms. The highest BCUT2D eigenvalue weighted by atomic mass is 32.2. The Balaban J connectivity index is 1.17. The summed E-state index contributed by atoms with van der Waals surface area (Å²) in [5.41, 5.74) is 0.00244. The second-order valence-corrected chi connectivity index (χ2v) is 19.6. The number of hydrogen-bond donors (Lipinski definition) is 3. The highest BCUT2D eigenvalue weighted by Crippen LogP contribution is 2.47. The maximum Gasteiger partial charge on any atom is 0.259 e. The van der Waals surface area contributed by atoms with Gasteiger partial charge in [-0.05, 0) is 68.9 Å². The lowest BCUT2D eigenvalue weighted by Crippen LogP contribution is -2.54. The molecule has 3 heterocycles. The number of anilines is 1. The summed E-state index contributed by atoms with van der Waals surface area (Å²) < 4.78 is 40.1. The molecule has 3 saturated carbocycles. The van der Waals surface area contributed by atoms with E-state index in [0.29, 0.717) is 64.7 Å². The minimum atomic E-state index is -3.85. The summed E-state index contributed by atoms with van der Waals surface area (Å²) in [7, 11) is -0.542. The number of carbonyl (C=O) groups excluding carboxylic acids is 4. The molecule has 0 unspecified atom stereocenters. The average molecular weight is 807 g/mol. The third-order valence-electron chi connectivity index (χ3n) is 11.0. The van der Waals surface area contributed by atoms with Crippen LogP contribution in [0.1, 0.15) is 78.6 Å². The van der Waals surface area contributed by atoms with E-state index >= 15 is 0 Å². The Kier molecular flexibility index (Phi) is 10.9. The molecule has 0 radical (unpaired) electrons. The minimum absolute atomic E-state index is 0.135. The molecule has 300 valence electrons. The van der Waals surface area contributed by atoms with Crippen LogP contribution in [0.5, 0.6) is 11.5 Å². The average Bonchev–Trinajstić information content (AvgIpc) is 4.02. The zero-order valence-electron chi connectivity index (χ0n) is 32.4. The molecule has 0 bridgehead atoms. The number of nitrogens with one attached hydrogen (secondary N) is 3. The van der Waals surface area contributed by atoms with E-state index in [4.69, 9.17) is 14.5 Å². The highest BCUT2D eigenvalue weighted by molar-refractivity contribution is 7.91. The van der Waals surface area contributed by atoms with Crippen molar-refractivity contribution < 1.29 is 37.1 Å². The summed E-state index contributed by atoms with van der Waals surface area (Å²) in [6, 6.07) is 7.21. The van der Waals surface area contributed by atoms with Gasteiger partial charge in [-0.2, -0.15) is 0 Å². The van der Waals surface area contributed by atoms with Crippen molar-refractivity contribution in [2.45, 2.75) is 95.5 Å². The van der Waals surface area contributed by atoms with E-state index in [1.165, 1.54) is 11.3 Å². The predicted octanol–water partition coefficient (Wildman–Crippen LogP) is 5.20. The molecule has 0 spiro atoms. The van der Waals surface area contributed by atoms with E-state index in [1.54, 1.807) is 37.3 Å². The van der Waals surface area contributed by atoms with Crippen LogP contribution in [0, 0.1) is 23.2 Å². The number of methoxy groups -OCH3 is 1. The van der Waals surface area contributed by atoms with E-state index in [2.05, 4.69) is 20.3 Å². The lowest BCUT2D eigenvalue weighted by molar-refractivity contribution is -0.140. The Hall–Kier alpha value is -4.57. The number of benzene rings is 1. The molecule has 3 fully saturated rings. The zero-order chi connectivity index (χ0) is 40.0. The summed E-state index contributed by atoms with van der Waals surface area (Å²) in [4.78, 5) is 65.8. The van der Waals surface area contributed by atoms with E-state index in [0.717, 1.165) is 19.3 Å². The molecule has 1 aliphatic heterocycles. The molecule has 14 nitrogen and oxygen atoms in total. The van der Waals surface area contributed by atoms with Crippen molar-refractivity contribution in [3.05, 3.63) is 41.8 Å². The van der Waals surface area contributed by atoms with Gasteiger partial charge < -0.3 is 25.0 Å². The Morgan fingerprint density at radius 1 is 1.07 bits per heavy atom. The molecule has 3 aliphatic carbocycles. The van der Waals surface area contributed by atoms with Gasteiger partial charge in [0.15, 0.2) is 5.13 Å². The van der Waals surface area contributed by atoms with Crippen LogP contribution in [0.15, 0.2) is 41.8 Å². The van der Waals surface area contributed by atoms with Crippen LogP contribution in [-0.4, -0.2) is 84.5 Å². The fourth-order valence-electron chi connectivity index (χ4n) is 7.70. The fourth-order valence-corrected chi connectivity index (χ4v) is 9.78. The molecule has 3 aromatic rings. The van der Waals surface area contributed by atoms with Crippen molar-refractivity contribution in [3.63, 3.8) is 0 Å². The third kappa shape index (κ3) is 8.70. The smallest absolute Gasteiger partial charge is 0.259 e. The number of thiazole rings is 1. The van der Waals surface area contributed by atoms with Gasteiger partial charge in [0.2, 0.25) is 27.7 Å². The quantitative estimate of drug-likeness (QED) is 0.243. The number of nitrogens with zero attached hydrogens (tertiary/aromatic N) is 3. The first-order valence-corrected chi connectivity index (χ1v) is 21.7. The normalized spacial score (nSPS) is 26.3. The molecule has 2 aromatic heterocycles. The standard InChI is InChI=1S/C40H50N6O8S2/c1-39(2,3)21-34(47)43-38-42-32(22-55-38)31-19-33(27-14-11-24(53-5)18-30(27)41-31)54-25-16-28-29(17-25)36(49)46(4)15-9-7-6-8-10-23-20-40(23,44-35(28)48)37(50)45-56(51,52)26-12-13-26/h8,10-11,14,18-19,22-23,25-26,28-29H,6-7,9,12-13,15-17,20-21H2,1-5H3,(H,44,48)(H,45,50)(H,42,43,47)/b10-8-/t23-,25+,28+,29+,40+/m0/s1. The summed E-state index contributed by atoms with van der Waals surface area (Å²) in [5, 5.41) is 8.17. The minimum Gasteiger partial charge on any atom is -0.497 e. The molecule has 4 aliphatic rings. The first-order valence-electron chi connectivity index (χ1n) is 19.3. The van der Waals surface area contributed by atoms with Gasteiger partial charge in [0.05, 0.1) is 35.4 Å². The second-order valence-electron chi connectivity index (χ2n) is 16.8. The van der Waals surface area contributed by atoms with Crippen molar-refractivity contribution in [1.82, 2.24) is 24.9 Å². The van der Waals surface area contributed by atoms with Crippen molar-refractivity contribution in [1.29, 1.82) is 0 Å². The summed E-state index contributed by atoms with van der Waals surface area (Å²) in [6.07, 6.45) is 7.64. The maximum absolute atomic E-state index is 14.3. The van der Waals surface area contributed by atoms with Gasteiger partial charge in [0, 0.05) is 48.8 Å². The molecule has 7 rings (SSSR count). The lowest BCUT2D eigenvalue weighted by Gasteiger charge is -2.26. The Labute approximate surface area is 331 Å². The summed E-state index contributed by atoms with van der Waals surface area (Å²) in [5.74, 6) is -2.41. The molecule has 1 aromatic carbocycles. The number of aromatic nitrogens is 2. The number of rotatable bonds is 9. The van der Waals surface area contributed by atoms with Crippen LogP contribution in [0.2, 0.25) is 0 Å². The summed E-state index contributed by atoms with van der Waals surface area (Å²) in [6.45, 7) is 6.51. The number of hydrogen-bond acceptors (Lipinski definition) is 11. The van der Waals surface area contributed by atoms with Gasteiger partial charge in [-0.25, -0.2) is 18.4 Å². The Bertz CT molecular complexity index is 2180.